The Morgan fingerprint density at radius 2 is 1.81 bits per heavy atom. The molecule has 0 radical (unpaired) electrons. The largest absolute Gasteiger partial charge is 0.381 e. The van der Waals surface area contributed by atoms with E-state index in [2.05, 4.69) is 10.6 Å². The normalized spacial score (nSPS) is 23.3. The summed E-state index contributed by atoms with van der Waals surface area (Å²) in [5, 5.41) is 6.60. The summed E-state index contributed by atoms with van der Waals surface area (Å²) < 4.78 is 5.32. The second-order valence-corrected chi connectivity index (χ2v) is 6.26. The van der Waals surface area contributed by atoms with Gasteiger partial charge in [-0.3, -0.25) is 4.79 Å². The van der Waals surface area contributed by atoms with Crippen LogP contribution in [0, 0.1) is 5.92 Å². The maximum absolute atomic E-state index is 11.7. The number of carbonyl (C=O) groups excluding carboxylic acids is 1. The van der Waals surface area contributed by atoms with E-state index in [1.54, 1.807) is 0 Å². The van der Waals surface area contributed by atoms with E-state index in [0.29, 0.717) is 18.4 Å². The molecule has 0 aromatic rings. The van der Waals surface area contributed by atoms with Crippen molar-refractivity contribution in [2.45, 2.75) is 63.8 Å². The highest BCUT2D eigenvalue weighted by molar-refractivity contribution is 5.85. The molecule has 2 N–H and O–H groups in total. The molecule has 5 heteroatoms. The lowest BCUT2D eigenvalue weighted by molar-refractivity contribution is -0.121. The zero-order chi connectivity index (χ0) is 14.0. The number of hydrogen-bond acceptors (Lipinski definition) is 3. The number of halogens is 1. The molecule has 1 saturated carbocycles. The Morgan fingerprint density at radius 3 is 2.48 bits per heavy atom. The molecule has 2 aliphatic rings. The molecular weight excluding hydrogens is 288 g/mol. The van der Waals surface area contributed by atoms with Gasteiger partial charge in [0.05, 0.1) is 0 Å². The molecule has 0 spiro atoms. The second kappa shape index (κ2) is 11.3. The average Bonchev–Trinajstić information content (AvgIpc) is 2.84. The van der Waals surface area contributed by atoms with Gasteiger partial charge in [0, 0.05) is 38.8 Å². The lowest BCUT2D eigenvalue weighted by Gasteiger charge is -2.16. The quantitative estimate of drug-likeness (QED) is 0.560. The zero-order valence-corrected chi connectivity index (χ0v) is 13.9. The fraction of sp³-hybridized carbons (Fsp3) is 0.938. The Hall–Kier alpha value is -0.320. The van der Waals surface area contributed by atoms with Crippen molar-refractivity contribution in [1.82, 2.24) is 10.6 Å². The summed E-state index contributed by atoms with van der Waals surface area (Å²) in [6.45, 7) is 3.38. The van der Waals surface area contributed by atoms with Crippen LogP contribution in [0.1, 0.15) is 57.8 Å². The van der Waals surface area contributed by atoms with Crippen LogP contribution in [-0.4, -0.2) is 38.3 Å². The van der Waals surface area contributed by atoms with Gasteiger partial charge in [-0.05, 0) is 31.6 Å². The number of carbonyl (C=O) groups is 1. The molecule has 1 unspecified atom stereocenters. The van der Waals surface area contributed by atoms with Crippen molar-refractivity contribution in [3.8, 4) is 0 Å². The van der Waals surface area contributed by atoms with Crippen LogP contribution in [0.5, 0.6) is 0 Å². The molecule has 1 aliphatic heterocycles. The van der Waals surface area contributed by atoms with Crippen molar-refractivity contribution in [1.29, 1.82) is 0 Å². The lowest BCUT2D eigenvalue weighted by atomic mass is 10.0. The highest BCUT2D eigenvalue weighted by atomic mass is 35.5. The minimum Gasteiger partial charge on any atom is -0.381 e. The Morgan fingerprint density at radius 1 is 1.05 bits per heavy atom. The van der Waals surface area contributed by atoms with E-state index in [1.807, 2.05) is 0 Å². The van der Waals surface area contributed by atoms with Gasteiger partial charge in [0.1, 0.15) is 0 Å². The first-order chi connectivity index (χ1) is 9.84. The van der Waals surface area contributed by atoms with E-state index in [0.717, 1.165) is 39.1 Å². The molecule has 1 heterocycles. The van der Waals surface area contributed by atoms with Gasteiger partial charge in [-0.2, -0.15) is 0 Å². The summed E-state index contributed by atoms with van der Waals surface area (Å²) in [6, 6.07) is 0.671. The second-order valence-electron chi connectivity index (χ2n) is 6.26. The lowest BCUT2D eigenvalue weighted by Crippen LogP contribution is -2.36. The van der Waals surface area contributed by atoms with Crippen molar-refractivity contribution >= 4 is 18.3 Å². The molecule has 1 aliphatic carbocycles. The van der Waals surface area contributed by atoms with E-state index < -0.39 is 0 Å². The summed E-state index contributed by atoms with van der Waals surface area (Å²) in [7, 11) is 0. The maximum atomic E-state index is 11.7. The standard InChI is InChI=1S/C16H30N2O2.ClH/c19-16(8-7-14-9-12-20-13-14)18-11-10-17-15-5-3-1-2-4-6-15;/h14-15,17H,1-13H2,(H,18,19);1H. The monoisotopic (exact) mass is 318 g/mol. The van der Waals surface area contributed by atoms with E-state index in [-0.39, 0.29) is 18.3 Å². The van der Waals surface area contributed by atoms with Gasteiger partial charge in [-0.1, -0.05) is 25.7 Å². The van der Waals surface area contributed by atoms with Gasteiger partial charge in [0.2, 0.25) is 5.91 Å². The van der Waals surface area contributed by atoms with E-state index in [9.17, 15) is 4.79 Å². The first kappa shape index (κ1) is 18.7. The molecule has 0 bridgehead atoms. The van der Waals surface area contributed by atoms with Crippen LogP contribution in [0.25, 0.3) is 0 Å². The molecule has 1 amide bonds. The van der Waals surface area contributed by atoms with Crippen molar-refractivity contribution in [2.75, 3.05) is 26.3 Å². The molecule has 0 aromatic carbocycles. The highest BCUT2D eigenvalue weighted by Gasteiger charge is 2.16. The number of rotatable bonds is 7. The minimum atomic E-state index is 0. The summed E-state index contributed by atoms with van der Waals surface area (Å²) in [5.41, 5.74) is 0. The smallest absolute Gasteiger partial charge is 0.220 e. The third-order valence-corrected chi connectivity index (χ3v) is 4.54. The average molecular weight is 319 g/mol. The molecule has 1 saturated heterocycles. The molecule has 1 atom stereocenters. The fourth-order valence-corrected chi connectivity index (χ4v) is 3.20. The fourth-order valence-electron chi connectivity index (χ4n) is 3.20. The minimum absolute atomic E-state index is 0. The number of hydrogen-bond donors (Lipinski definition) is 2. The van der Waals surface area contributed by atoms with Crippen LogP contribution in [0.3, 0.4) is 0 Å². The molecular formula is C16H31ClN2O2. The third-order valence-electron chi connectivity index (χ3n) is 4.54. The SMILES string of the molecule is Cl.O=C(CCC1CCOC1)NCCNC1CCCCCC1. The van der Waals surface area contributed by atoms with Crippen LogP contribution in [0.2, 0.25) is 0 Å². The van der Waals surface area contributed by atoms with Crippen molar-refractivity contribution in [2.24, 2.45) is 5.92 Å². The van der Waals surface area contributed by atoms with E-state index in [4.69, 9.17) is 4.74 Å². The van der Waals surface area contributed by atoms with Crippen molar-refractivity contribution in [3.05, 3.63) is 0 Å². The van der Waals surface area contributed by atoms with Gasteiger partial charge in [0.15, 0.2) is 0 Å². The predicted octanol–water partition coefficient (Wildman–Crippen LogP) is 2.65. The Labute approximate surface area is 135 Å². The van der Waals surface area contributed by atoms with Gasteiger partial charge < -0.3 is 15.4 Å². The first-order valence-electron chi connectivity index (χ1n) is 8.42. The number of nitrogens with one attached hydrogen (secondary N) is 2. The molecule has 2 fully saturated rings. The summed E-state index contributed by atoms with van der Waals surface area (Å²) in [5.74, 6) is 0.796. The van der Waals surface area contributed by atoms with Crippen LogP contribution in [-0.2, 0) is 9.53 Å². The first-order valence-corrected chi connectivity index (χ1v) is 8.42. The van der Waals surface area contributed by atoms with Crippen molar-refractivity contribution in [3.63, 3.8) is 0 Å². The Bertz CT molecular complexity index is 275. The van der Waals surface area contributed by atoms with Crippen LogP contribution in [0.4, 0.5) is 0 Å². The van der Waals surface area contributed by atoms with Crippen LogP contribution < -0.4 is 10.6 Å². The molecule has 0 aromatic heterocycles. The van der Waals surface area contributed by atoms with E-state index >= 15 is 0 Å². The summed E-state index contributed by atoms with van der Waals surface area (Å²) >= 11 is 0. The number of ether oxygens (including phenoxy) is 1. The van der Waals surface area contributed by atoms with Gasteiger partial charge in [-0.15, -0.1) is 12.4 Å². The summed E-state index contributed by atoms with van der Waals surface area (Å²) in [4.78, 5) is 11.7. The molecule has 4 nitrogen and oxygen atoms in total. The van der Waals surface area contributed by atoms with Crippen LogP contribution >= 0.6 is 12.4 Å². The number of amides is 1. The van der Waals surface area contributed by atoms with Gasteiger partial charge >= 0.3 is 0 Å². The molecule has 2 rings (SSSR count). The highest BCUT2D eigenvalue weighted by Crippen LogP contribution is 2.18. The van der Waals surface area contributed by atoms with E-state index in [1.165, 1.54) is 38.5 Å². The maximum Gasteiger partial charge on any atom is 0.220 e. The Balaban J connectivity index is 0.00000220. The van der Waals surface area contributed by atoms with Crippen LogP contribution in [0.15, 0.2) is 0 Å². The topological polar surface area (TPSA) is 50.4 Å². The van der Waals surface area contributed by atoms with Gasteiger partial charge in [-0.25, -0.2) is 0 Å². The van der Waals surface area contributed by atoms with Gasteiger partial charge in [0.25, 0.3) is 0 Å². The Kier molecular flexibility index (Phi) is 10.1. The van der Waals surface area contributed by atoms with Crippen molar-refractivity contribution < 1.29 is 9.53 Å². The molecule has 124 valence electrons. The zero-order valence-electron chi connectivity index (χ0n) is 13.1. The molecule has 21 heavy (non-hydrogen) atoms. The summed E-state index contributed by atoms with van der Waals surface area (Å²) in [6.07, 6.45) is 10.8. The third kappa shape index (κ3) is 8.03. The predicted molar refractivity (Wildman–Crippen MR) is 87.9 cm³/mol.